The summed E-state index contributed by atoms with van der Waals surface area (Å²) >= 11 is 0. The average Bonchev–Trinajstić information content (AvgIpc) is 3.26. The molecule has 0 atom stereocenters. The van der Waals surface area contributed by atoms with Crippen LogP contribution in [0.15, 0.2) is 35.4 Å². The van der Waals surface area contributed by atoms with E-state index in [-0.39, 0.29) is 16.5 Å². The van der Waals surface area contributed by atoms with E-state index in [0.717, 1.165) is 37.7 Å². The Balaban J connectivity index is 0. The molecule has 3 heteroatoms. The van der Waals surface area contributed by atoms with Crippen LogP contribution in [0.2, 0.25) is 0 Å². The fourth-order valence-electron chi connectivity index (χ4n) is 8.83. The number of nitrogens with zero attached hydrogens (tertiary/aromatic N) is 2. The molecule has 2 aromatic carbocycles. The van der Waals surface area contributed by atoms with Crippen molar-refractivity contribution in [2.45, 2.75) is 262 Å². The van der Waals surface area contributed by atoms with E-state index in [9.17, 15) is 5.53 Å². The maximum atomic E-state index is 9.90. The van der Waals surface area contributed by atoms with Crippen molar-refractivity contribution in [2.75, 3.05) is 0 Å². The third kappa shape index (κ3) is 24.5. The smallest absolute Gasteiger partial charge is 0.348 e. The normalized spacial score (nSPS) is 11.0. The molecule has 0 spiro atoms. The predicted octanol–water partition coefficient (Wildman–Crippen LogP) is 18.8. The zero-order valence-electron chi connectivity index (χ0n) is 42.1. The maximum Gasteiger partial charge on any atom is 2.00 e. The number of unbranched alkanes of at least 4 members (excludes halogenated alkanes) is 16. The van der Waals surface area contributed by atoms with E-state index in [2.05, 4.69) is 104 Å². The van der Waals surface area contributed by atoms with E-state index in [1.165, 1.54) is 183 Å². The largest absolute Gasteiger partial charge is 2.00 e. The van der Waals surface area contributed by atoms with Gasteiger partial charge in [-0.15, -0.1) is 4.79 Å². The Kier molecular flexibility index (Phi) is 41.8. The van der Waals surface area contributed by atoms with E-state index in [0.29, 0.717) is 0 Å². The van der Waals surface area contributed by atoms with Crippen molar-refractivity contribution < 1.29 is 21.3 Å². The van der Waals surface area contributed by atoms with Gasteiger partial charge in [0.15, 0.2) is 0 Å². The molecule has 0 radical (unpaired) electrons. The summed E-state index contributed by atoms with van der Waals surface area (Å²) in [4.78, 5) is 3.52. The summed E-state index contributed by atoms with van der Waals surface area (Å²) in [6.45, 7) is 28.4. The van der Waals surface area contributed by atoms with E-state index in [1.54, 1.807) is 47.2 Å². The van der Waals surface area contributed by atoms with Gasteiger partial charge in [-0.2, -0.15) is 13.8 Å². The topological polar surface area (TPSA) is 36.4 Å². The first-order valence-electron chi connectivity index (χ1n) is 25.8. The Morgan fingerprint density at radius 3 is 1.03 bits per heavy atom. The van der Waals surface area contributed by atoms with Crippen molar-refractivity contribution in [1.29, 1.82) is 0 Å². The summed E-state index contributed by atoms with van der Waals surface area (Å²) in [6, 6.07) is 10.5. The Morgan fingerprint density at radius 2 is 0.721 bits per heavy atom. The van der Waals surface area contributed by atoms with Crippen LogP contribution < -0.4 is 0 Å². The van der Waals surface area contributed by atoms with Crippen LogP contribution in [-0.4, -0.2) is 10.7 Å². The molecule has 0 bridgehead atoms. The molecule has 0 N–H and O–H groups in total. The van der Waals surface area contributed by atoms with E-state index < -0.39 is 0 Å². The minimum Gasteiger partial charge on any atom is -0.348 e. The van der Waals surface area contributed by atoms with Gasteiger partial charge in [0.05, 0.1) is 5.57 Å². The zero-order chi connectivity index (χ0) is 44.8. The summed E-state index contributed by atoms with van der Waals surface area (Å²) < 4.78 is 0. The van der Waals surface area contributed by atoms with Gasteiger partial charge in [0.1, 0.15) is 0 Å². The molecule has 2 rings (SSSR count). The fourth-order valence-corrected chi connectivity index (χ4v) is 8.83. The van der Waals surface area contributed by atoms with Crippen LogP contribution in [0.25, 0.3) is 11.1 Å². The molecular formula is C58H98N2Ni. The molecule has 2 aromatic rings. The first kappa shape index (κ1) is 60.9. The fraction of sp³-hybridized carbons (Fsp3) is 0.690. The molecule has 350 valence electrons. The molecule has 0 saturated heterocycles. The monoisotopic (exact) mass is 881 g/mol. The minimum atomic E-state index is 0. The van der Waals surface area contributed by atoms with Crippen LogP contribution >= 0.6 is 0 Å². The third-order valence-corrected chi connectivity index (χ3v) is 12.2. The van der Waals surface area contributed by atoms with Crippen LogP contribution in [0.5, 0.6) is 0 Å². The zero-order valence-corrected chi connectivity index (χ0v) is 43.1. The molecule has 61 heavy (non-hydrogen) atoms. The molecule has 0 unspecified atom stereocenters. The molecular weight excluding hydrogens is 783 g/mol. The first-order valence-corrected chi connectivity index (χ1v) is 25.8. The molecule has 0 heterocycles. The Hall–Kier alpha value is -2.17. The number of hydrogen-bond acceptors (Lipinski definition) is 0. The summed E-state index contributed by atoms with van der Waals surface area (Å²) in [5.74, 6) is 3.05. The number of benzene rings is 2. The van der Waals surface area contributed by atoms with Crippen molar-refractivity contribution in [1.82, 2.24) is 0 Å². The van der Waals surface area contributed by atoms with Crippen molar-refractivity contribution >= 4 is 11.4 Å². The maximum absolute atomic E-state index is 9.90. The second-order valence-corrected chi connectivity index (χ2v) is 17.1. The molecule has 0 aliphatic heterocycles. The average molecular weight is 882 g/mol. The van der Waals surface area contributed by atoms with E-state index in [1.807, 2.05) is 0 Å². The van der Waals surface area contributed by atoms with Crippen molar-refractivity contribution in [3.8, 4) is 0 Å². The van der Waals surface area contributed by atoms with Gasteiger partial charge < -0.3 is 19.4 Å². The van der Waals surface area contributed by atoms with E-state index in [4.69, 9.17) is 0 Å². The van der Waals surface area contributed by atoms with Gasteiger partial charge in [0, 0.05) is 0 Å². The minimum absolute atomic E-state index is 0. The van der Waals surface area contributed by atoms with Gasteiger partial charge >= 0.3 is 22.4 Å². The summed E-state index contributed by atoms with van der Waals surface area (Å²) in [5.41, 5.74) is 26.1. The number of rotatable bonds is 33. The van der Waals surface area contributed by atoms with Gasteiger partial charge in [-0.3, -0.25) is 0 Å². The second-order valence-electron chi connectivity index (χ2n) is 17.1. The molecule has 0 amide bonds. The summed E-state index contributed by atoms with van der Waals surface area (Å²) in [5, 5.41) is 0. The number of hydrogen-bond donors (Lipinski definition) is 0. The van der Waals surface area contributed by atoms with Crippen LogP contribution in [0, 0.1) is 13.8 Å². The predicted molar refractivity (Wildman–Crippen MR) is 272 cm³/mol. The van der Waals surface area contributed by atoms with Gasteiger partial charge in [-0.05, 0) is 152 Å². The van der Waals surface area contributed by atoms with Gasteiger partial charge in [-0.25, -0.2) is 0 Å². The van der Waals surface area contributed by atoms with Gasteiger partial charge in [0.2, 0.25) is 0 Å². The molecule has 0 aromatic heterocycles. The van der Waals surface area contributed by atoms with Crippen LogP contribution in [-0.2, 0) is 55.0 Å². The van der Waals surface area contributed by atoms with E-state index >= 15 is 0 Å². The van der Waals surface area contributed by atoms with Crippen molar-refractivity contribution in [3.63, 3.8) is 0 Å². The van der Waals surface area contributed by atoms with Gasteiger partial charge in [-0.1, -0.05) is 175 Å². The van der Waals surface area contributed by atoms with Crippen LogP contribution in [0.4, 0.5) is 0 Å². The van der Waals surface area contributed by atoms with Crippen molar-refractivity contribution in [2.24, 2.45) is 0 Å². The molecule has 0 aliphatic rings. The quantitative estimate of drug-likeness (QED) is 0.0130. The SMILES string of the molecule is CCCCCCc1cc(C(=C(CCCC)C(C)=C=[N+]=[N-])c2cc(CCCCC)c(CCCCC)c(CCCCC)c2)cc(CCCCCC)c1CCCCCC.[CH2-]C.[CH2-]C.[Ni+2]. The van der Waals surface area contributed by atoms with Crippen LogP contribution in [0.1, 0.15) is 268 Å². The first-order chi connectivity index (χ1) is 29.4. The second kappa shape index (κ2) is 41.8. The number of allylic oxidation sites excluding steroid dienone is 2. The molecule has 0 saturated carbocycles. The number of aryl methyl sites for hydroxylation is 4. The Morgan fingerprint density at radius 1 is 0.443 bits per heavy atom. The van der Waals surface area contributed by atoms with Crippen molar-refractivity contribution in [3.05, 3.63) is 99.3 Å². The summed E-state index contributed by atoms with van der Waals surface area (Å²) in [7, 11) is 0. The Labute approximate surface area is 392 Å². The third-order valence-electron chi connectivity index (χ3n) is 12.2. The standard InChI is InChI=1S/C54H88N2.2C2H5.Ni/c1-9-16-23-29-34-47-41-50(42-48(35-30-24-17-10-2)53(47)38-31-25-18-11-3)54(51(36-22-15-7)44(8)43-56-55)49-39-45(32-26-19-12-4)52(37-28-21-14-6)46(40-49)33-27-20-13-5;2*1-2;/h39-42H,9-38H2,1-8H3;2*1H2,2H3;/q;2*-1;+2. The summed E-state index contributed by atoms with van der Waals surface area (Å²) in [6.07, 6.45) is 37.2. The molecule has 0 aliphatic carbocycles. The molecule has 0 fully saturated rings. The van der Waals surface area contributed by atoms with Crippen LogP contribution in [0.3, 0.4) is 0 Å². The van der Waals surface area contributed by atoms with Gasteiger partial charge in [0.25, 0.3) is 0 Å². The Bertz CT molecular complexity index is 1420. The molecule has 2 nitrogen and oxygen atoms in total.